The van der Waals surface area contributed by atoms with Gasteiger partial charge < -0.3 is 20.3 Å². The molecule has 1 amide bonds. The number of amides is 1. The smallest absolute Gasteiger partial charge is 0.435 e. The van der Waals surface area contributed by atoms with E-state index in [9.17, 15) is 23.1 Å². The number of hydrogen-bond donors (Lipinski definition) is 3. The molecular weight excluding hydrogens is 617 g/mol. The topological polar surface area (TPSA) is 125 Å². The summed E-state index contributed by atoms with van der Waals surface area (Å²) in [5.41, 5.74) is 0.760. The number of anilines is 1. The first-order valence-electron chi connectivity index (χ1n) is 13.6. The number of carbonyl (C=O) groups is 1. The van der Waals surface area contributed by atoms with E-state index >= 15 is 0 Å². The summed E-state index contributed by atoms with van der Waals surface area (Å²) in [6, 6.07) is 9.30. The lowest BCUT2D eigenvalue weighted by molar-refractivity contribution is -0.141. The number of pyridine rings is 1. The minimum atomic E-state index is -4.73. The summed E-state index contributed by atoms with van der Waals surface area (Å²) in [5.74, 6) is -0.329. The molecule has 0 saturated carbocycles. The first kappa shape index (κ1) is 29.8. The van der Waals surface area contributed by atoms with Crippen molar-refractivity contribution in [3.63, 3.8) is 0 Å². The number of fused-ring (bicyclic) bond motifs is 2. The molecule has 15 heteroatoms. The van der Waals surface area contributed by atoms with Crippen LogP contribution in [0.3, 0.4) is 0 Å². The summed E-state index contributed by atoms with van der Waals surface area (Å²) < 4.78 is 40.9. The molecule has 1 aromatic carbocycles. The number of aromatic nitrogens is 6. The third-order valence-electron chi connectivity index (χ3n) is 7.29. The lowest BCUT2D eigenvalue weighted by Gasteiger charge is -2.40. The van der Waals surface area contributed by atoms with Crippen LogP contribution in [-0.2, 0) is 19.6 Å². The number of aliphatic hydroxyl groups excluding tert-OH is 1. The fraction of sp³-hybridized carbons (Fsp3) is 0.276. The van der Waals surface area contributed by atoms with Crippen LogP contribution in [-0.4, -0.2) is 60.4 Å². The highest BCUT2D eigenvalue weighted by molar-refractivity contribution is 7.99. The van der Waals surface area contributed by atoms with Gasteiger partial charge in [0.15, 0.2) is 10.9 Å². The van der Waals surface area contributed by atoms with Crippen LogP contribution >= 0.6 is 23.4 Å². The minimum Gasteiger partial charge on any atom is -0.506 e. The third-order valence-corrected chi connectivity index (χ3v) is 8.57. The van der Waals surface area contributed by atoms with E-state index < -0.39 is 23.3 Å². The number of alkyl halides is 3. The number of halogens is 4. The van der Waals surface area contributed by atoms with Gasteiger partial charge in [-0.05, 0) is 36.4 Å². The van der Waals surface area contributed by atoms with Crippen LogP contribution in [0.4, 0.5) is 19.0 Å². The van der Waals surface area contributed by atoms with E-state index in [-0.39, 0.29) is 18.2 Å². The molecule has 5 aromatic rings. The second kappa shape index (κ2) is 11.3. The van der Waals surface area contributed by atoms with E-state index in [1.807, 2.05) is 36.1 Å². The van der Waals surface area contributed by atoms with Crippen molar-refractivity contribution < 1.29 is 23.1 Å². The van der Waals surface area contributed by atoms with Crippen molar-refractivity contribution in [1.29, 1.82) is 0 Å². The Bertz CT molecular complexity index is 1930. The maximum absolute atomic E-state index is 13.3. The molecule has 1 fully saturated rings. The van der Waals surface area contributed by atoms with Gasteiger partial charge in [0.2, 0.25) is 0 Å². The number of rotatable bonds is 8. The zero-order valence-corrected chi connectivity index (χ0v) is 25.1. The monoisotopic (exact) mass is 642 g/mol. The van der Waals surface area contributed by atoms with Crippen LogP contribution in [0.2, 0.25) is 5.02 Å². The molecule has 0 unspecified atom stereocenters. The number of aliphatic hydroxyl groups is 1. The summed E-state index contributed by atoms with van der Waals surface area (Å²) in [7, 11) is 1.34. The highest BCUT2D eigenvalue weighted by Crippen LogP contribution is 2.39. The van der Waals surface area contributed by atoms with E-state index in [0.717, 1.165) is 26.9 Å². The van der Waals surface area contributed by atoms with Crippen molar-refractivity contribution in [3.05, 3.63) is 70.8 Å². The van der Waals surface area contributed by atoms with Crippen molar-refractivity contribution in [2.45, 2.75) is 29.6 Å². The lowest BCUT2D eigenvalue weighted by Crippen LogP contribution is -2.52. The van der Waals surface area contributed by atoms with Gasteiger partial charge in [-0.15, -0.1) is 0 Å². The van der Waals surface area contributed by atoms with Crippen molar-refractivity contribution in [2.24, 2.45) is 13.0 Å². The van der Waals surface area contributed by atoms with E-state index in [4.69, 9.17) is 21.6 Å². The second-order valence-electron chi connectivity index (χ2n) is 10.5. The Morgan fingerprint density at radius 3 is 2.68 bits per heavy atom. The minimum absolute atomic E-state index is 0.0172. The summed E-state index contributed by atoms with van der Waals surface area (Å²) in [6.07, 6.45) is -3.01. The second-order valence-corrected chi connectivity index (χ2v) is 11.9. The predicted molar refractivity (Wildman–Crippen MR) is 162 cm³/mol. The number of nitrogens with one attached hydrogen (secondary N) is 2. The van der Waals surface area contributed by atoms with Gasteiger partial charge in [0.1, 0.15) is 22.9 Å². The van der Waals surface area contributed by atoms with E-state index in [0.29, 0.717) is 57.8 Å². The van der Waals surface area contributed by atoms with Crippen LogP contribution in [0, 0.1) is 5.92 Å². The van der Waals surface area contributed by atoms with Gasteiger partial charge in [-0.1, -0.05) is 37.2 Å². The van der Waals surface area contributed by atoms with Crippen LogP contribution < -0.4 is 10.2 Å². The highest BCUT2D eigenvalue weighted by atomic mass is 35.5. The van der Waals surface area contributed by atoms with Crippen LogP contribution in [0.15, 0.2) is 53.2 Å². The molecule has 5 heterocycles. The predicted octanol–water partition coefficient (Wildman–Crippen LogP) is 6.02. The summed E-state index contributed by atoms with van der Waals surface area (Å²) >= 11 is 8.07. The van der Waals surface area contributed by atoms with E-state index in [1.54, 1.807) is 6.07 Å². The molecule has 228 valence electrons. The average molecular weight is 643 g/mol. The lowest BCUT2D eigenvalue weighted by atomic mass is 9.99. The Morgan fingerprint density at radius 2 is 1.98 bits per heavy atom. The van der Waals surface area contributed by atoms with Gasteiger partial charge in [-0.3, -0.25) is 9.48 Å². The van der Waals surface area contributed by atoms with Gasteiger partial charge >= 0.3 is 6.18 Å². The van der Waals surface area contributed by atoms with Crippen LogP contribution in [0.5, 0.6) is 0 Å². The van der Waals surface area contributed by atoms with Gasteiger partial charge in [0, 0.05) is 54.8 Å². The highest BCUT2D eigenvalue weighted by Gasteiger charge is 2.39. The maximum atomic E-state index is 13.3. The van der Waals surface area contributed by atoms with Gasteiger partial charge in [0.25, 0.3) is 5.91 Å². The first-order chi connectivity index (χ1) is 20.9. The molecule has 44 heavy (non-hydrogen) atoms. The third kappa shape index (κ3) is 5.66. The van der Waals surface area contributed by atoms with E-state index in [1.165, 1.54) is 18.8 Å². The van der Waals surface area contributed by atoms with Crippen molar-refractivity contribution in [1.82, 2.24) is 35.0 Å². The fourth-order valence-corrected chi connectivity index (χ4v) is 6.22. The van der Waals surface area contributed by atoms with Crippen LogP contribution in [0.25, 0.3) is 27.7 Å². The Kier molecular flexibility index (Phi) is 7.66. The molecule has 0 atom stereocenters. The zero-order valence-electron chi connectivity index (χ0n) is 23.5. The molecule has 1 aliphatic heterocycles. The molecule has 4 aromatic heterocycles. The molecule has 0 aliphatic carbocycles. The largest absolute Gasteiger partial charge is 0.506 e. The number of hydrogen-bond acceptors (Lipinski definition) is 8. The Hall–Kier alpha value is -4.30. The van der Waals surface area contributed by atoms with E-state index in [2.05, 4.69) is 27.0 Å². The Morgan fingerprint density at radius 1 is 1.23 bits per heavy atom. The molecule has 0 radical (unpaired) electrons. The molecule has 1 saturated heterocycles. The van der Waals surface area contributed by atoms with Crippen molar-refractivity contribution in [2.75, 3.05) is 24.5 Å². The Labute approximate surface area is 258 Å². The normalized spacial score (nSPS) is 13.9. The molecule has 0 spiro atoms. The van der Waals surface area contributed by atoms with Gasteiger partial charge in [0.05, 0.1) is 21.5 Å². The van der Waals surface area contributed by atoms with Crippen molar-refractivity contribution >= 4 is 62.8 Å². The molecule has 3 N–H and O–H groups in total. The number of aromatic amines is 1. The maximum Gasteiger partial charge on any atom is 0.435 e. The van der Waals surface area contributed by atoms with Crippen molar-refractivity contribution in [3.8, 4) is 0 Å². The fourth-order valence-electron chi connectivity index (χ4n) is 5.08. The number of benzene rings is 1. The molecule has 10 nitrogen and oxygen atoms in total. The Balaban J connectivity index is 1.21. The number of H-pyrrole nitrogens is 1. The van der Waals surface area contributed by atoms with Gasteiger partial charge in [-0.2, -0.15) is 18.3 Å². The van der Waals surface area contributed by atoms with Crippen LogP contribution in [0.1, 0.15) is 34.4 Å². The number of carbonyl (C=O) groups excluding carboxylic acids is 1. The number of aryl methyl sites for hydroxylation is 2. The van der Waals surface area contributed by atoms with Gasteiger partial charge in [-0.25, -0.2) is 15.0 Å². The molecular formula is C29H26ClF3N8O2S. The quantitative estimate of drug-likeness (QED) is 0.139. The summed E-state index contributed by atoms with van der Waals surface area (Å²) in [6.45, 7) is 6.72. The molecule has 6 rings (SSSR count). The zero-order chi connectivity index (χ0) is 31.3. The SMILES string of the molecule is C=C(O)c1ccc2ccc(Sc3nc(N4CC(CNC(=O)c5cn(C)nc5C(F)(F)F)C4)c4c(Cl)c(CC)[nH]c4n3)cc2n1. The first-order valence-corrected chi connectivity index (χ1v) is 14.8. The number of nitrogens with zero attached hydrogens (tertiary/aromatic N) is 6. The molecule has 0 bridgehead atoms. The average Bonchev–Trinajstić information content (AvgIpc) is 3.51. The molecule has 1 aliphatic rings. The standard InChI is InChI=1S/C29H26ClF3N8O2S/c1-4-19-23(30)22-25(36-19)37-28(44-17-7-5-16-6-8-20(14(2)42)35-21(16)9-17)38-26(22)41-11-15(12-41)10-34-27(43)18-13-40(3)39-24(18)29(31,32)33/h5-9,13,15,42H,2,4,10-12H2,1,3H3,(H,34,43)(H,36,37,38). The summed E-state index contributed by atoms with van der Waals surface area (Å²) in [4.78, 5) is 32.8. The summed E-state index contributed by atoms with van der Waals surface area (Å²) in [5, 5.41) is 18.4.